The molecule has 1 aromatic rings. The van der Waals surface area contributed by atoms with Gasteiger partial charge in [-0.1, -0.05) is 12.5 Å². The summed E-state index contributed by atoms with van der Waals surface area (Å²) in [5.41, 5.74) is 0. The molecular weight excluding hydrogens is 260 g/mol. The molecule has 0 atom stereocenters. The molecule has 1 saturated carbocycles. The van der Waals surface area contributed by atoms with Crippen LogP contribution < -0.4 is 10.2 Å². The van der Waals surface area contributed by atoms with Crippen LogP contribution >= 0.6 is 0 Å². The molecule has 4 nitrogen and oxygen atoms in total. The predicted molar refractivity (Wildman–Crippen MR) is 87.8 cm³/mol. The lowest BCUT2D eigenvalue weighted by Crippen LogP contribution is -2.46. The zero-order chi connectivity index (χ0) is 14.3. The van der Waals surface area contributed by atoms with Gasteiger partial charge in [0.15, 0.2) is 0 Å². The highest BCUT2D eigenvalue weighted by molar-refractivity contribution is 5.38. The van der Waals surface area contributed by atoms with Gasteiger partial charge in [-0.15, -0.1) is 0 Å². The molecule has 2 fully saturated rings. The van der Waals surface area contributed by atoms with Crippen molar-refractivity contribution in [1.82, 2.24) is 15.2 Å². The zero-order valence-corrected chi connectivity index (χ0v) is 13.0. The number of piperazine rings is 1. The fourth-order valence-corrected chi connectivity index (χ4v) is 2.97. The number of hydrogen-bond acceptors (Lipinski definition) is 4. The third-order valence-electron chi connectivity index (χ3n) is 4.51. The summed E-state index contributed by atoms with van der Waals surface area (Å²) in [6, 6.07) is 7.04. The van der Waals surface area contributed by atoms with E-state index in [0.29, 0.717) is 0 Å². The van der Waals surface area contributed by atoms with Crippen LogP contribution in [-0.2, 0) is 0 Å². The summed E-state index contributed by atoms with van der Waals surface area (Å²) in [6.45, 7) is 7.06. The first kappa shape index (κ1) is 14.8. The quantitative estimate of drug-likeness (QED) is 0.743. The Morgan fingerprint density at radius 1 is 1.05 bits per heavy atom. The Morgan fingerprint density at radius 2 is 1.90 bits per heavy atom. The third-order valence-corrected chi connectivity index (χ3v) is 4.51. The van der Waals surface area contributed by atoms with Crippen molar-refractivity contribution in [1.29, 1.82) is 0 Å². The van der Waals surface area contributed by atoms with Gasteiger partial charge in [-0.2, -0.15) is 0 Å². The molecule has 0 spiro atoms. The van der Waals surface area contributed by atoms with Crippen LogP contribution in [0.25, 0.3) is 0 Å². The molecular formula is C17H28N4. The van der Waals surface area contributed by atoms with Crippen LogP contribution in [0.1, 0.15) is 32.1 Å². The summed E-state index contributed by atoms with van der Waals surface area (Å²) < 4.78 is 0. The van der Waals surface area contributed by atoms with Crippen LogP contribution in [0, 0.1) is 0 Å². The van der Waals surface area contributed by atoms with Crippen LogP contribution in [0.3, 0.4) is 0 Å². The minimum absolute atomic E-state index is 0.865. The molecule has 116 valence electrons. The second kappa shape index (κ2) is 7.76. The molecule has 3 rings (SSSR count). The lowest BCUT2D eigenvalue weighted by Gasteiger charge is -2.35. The first-order valence-corrected chi connectivity index (χ1v) is 8.53. The van der Waals surface area contributed by atoms with E-state index >= 15 is 0 Å². The number of rotatable bonds is 8. The maximum absolute atomic E-state index is 4.44. The zero-order valence-electron chi connectivity index (χ0n) is 13.0. The van der Waals surface area contributed by atoms with Crippen molar-refractivity contribution in [2.24, 2.45) is 0 Å². The van der Waals surface area contributed by atoms with Crippen LogP contribution in [-0.4, -0.2) is 55.2 Å². The largest absolute Gasteiger partial charge is 0.354 e. The van der Waals surface area contributed by atoms with E-state index in [9.17, 15) is 0 Å². The van der Waals surface area contributed by atoms with Gasteiger partial charge in [0.2, 0.25) is 0 Å². The number of nitrogens with one attached hydrogen (secondary N) is 1. The molecule has 0 radical (unpaired) electrons. The molecule has 1 aromatic heterocycles. The van der Waals surface area contributed by atoms with E-state index in [1.807, 2.05) is 12.3 Å². The average molecular weight is 288 g/mol. The Kier molecular flexibility index (Phi) is 5.46. The van der Waals surface area contributed by atoms with Gasteiger partial charge in [0.25, 0.3) is 0 Å². The van der Waals surface area contributed by atoms with Gasteiger partial charge < -0.3 is 10.2 Å². The van der Waals surface area contributed by atoms with Crippen LogP contribution in [0.5, 0.6) is 0 Å². The molecule has 0 unspecified atom stereocenters. The number of pyridine rings is 1. The number of aromatic nitrogens is 1. The summed E-state index contributed by atoms with van der Waals surface area (Å²) in [7, 11) is 0. The molecule has 1 aliphatic carbocycles. The van der Waals surface area contributed by atoms with Gasteiger partial charge in [0, 0.05) is 38.4 Å². The standard InChI is InChI=1S/C17H28N4/c1(3-9-18-16-7-8-16)5-11-20-12-14-21(15-13-20)17-6-2-4-10-19-17/h2,4,6,10,16,18H,1,3,5,7-9,11-15H2. The third kappa shape index (κ3) is 4.97. The summed E-state index contributed by atoms with van der Waals surface area (Å²) >= 11 is 0. The van der Waals surface area contributed by atoms with Crippen molar-refractivity contribution < 1.29 is 0 Å². The fourth-order valence-electron chi connectivity index (χ4n) is 2.97. The van der Waals surface area contributed by atoms with E-state index in [4.69, 9.17) is 0 Å². The molecule has 21 heavy (non-hydrogen) atoms. The smallest absolute Gasteiger partial charge is 0.128 e. The Balaban J connectivity index is 1.25. The number of unbranched alkanes of at least 4 members (excludes halogenated alkanes) is 2. The second-order valence-electron chi connectivity index (χ2n) is 6.31. The van der Waals surface area contributed by atoms with Crippen molar-refractivity contribution in [3.05, 3.63) is 24.4 Å². The maximum Gasteiger partial charge on any atom is 0.128 e. The molecule has 0 bridgehead atoms. The first-order chi connectivity index (χ1) is 10.4. The molecule has 0 amide bonds. The SMILES string of the molecule is c1ccc(N2CCN(CCCCCNC3CC3)CC2)nc1. The van der Waals surface area contributed by atoms with Crippen molar-refractivity contribution in [3.8, 4) is 0 Å². The van der Waals surface area contributed by atoms with Gasteiger partial charge in [0.05, 0.1) is 0 Å². The van der Waals surface area contributed by atoms with E-state index in [-0.39, 0.29) is 0 Å². The van der Waals surface area contributed by atoms with Crippen molar-refractivity contribution in [2.45, 2.75) is 38.1 Å². The maximum atomic E-state index is 4.44. The van der Waals surface area contributed by atoms with Crippen LogP contribution in [0.4, 0.5) is 5.82 Å². The van der Waals surface area contributed by atoms with Gasteiger partial charge in [0.1, 0.15) is 5.82 Å². The fraction of sp³-hybridized carbons (Fsp3) is 0.706. The minimum Gasteiger partial charge on any atom is -0.354 e. The van der Waals surface area contributed by atoms with E-state index in [1.165, 1.54) is 58.3 Å². The van der Waals surface area contributed by atoms with Crippen molar-refractivity contribution in [2.75, 3.05) is 44.2 Å². The highest BCUT2D eigenvalue weighted by atomic mass is 15.3. The first-order valence-electron chi connectivity index (χ1n) is 8.53. The molecule has 1 N–H and O–H groups in total. The Morgan fingerprint density at radius 3 is 2.62 bits per heavy atom. The molecule has 1 saturated heterocycles. The Bertz CT molecular complexity index is 397. The topological polar surface area (TPSA) is 31.4 Å². The molecule has 2 heterocycles. The van der Waals surface area contributed by atoms with E-state index in [1.54, 1.807) is 0 Å². The predicted octanol–water partition coefficient (Wildman–Crippen LogP) is 2.13. The van der Waals surface area contributed by atoms with E-state index in [0.717, 1.165) is 24.9 Å². The lowest BCUT2D eigenvalue weighted by atomic mass is 10.2. The van der Waals surface area contributed by atoms with Gasteiger partial charge >= 0.3 is 0 Å². The summed E-state index contributed by atoms with van der Waals surface area (Å²) in [5.74, 6) is 1.13. The average Bonchev–Trinajstić information content (AvgIpc) is 3.36. The highest BCUT2D eigenvalue weighted by Crippen LogP contribution is 2.18. The minimum atomic E-state index is 0.865. The molecule has 2 aliphatic rings. The monoisotopic (exact) mass is 288 g/mol. The van der Waals surface area contributed by atoms with E-state index < -0.39 is 0 Å². The normalized spacial score (nSPS) is 19.9. The number of hydrogen-bond donors (Lipinski definition) is 1. The van der Waals surface area contributed by atoms with E-state index in [2.05, 4.69) is 32.2 Å². The molecule has 0 aromatic carbocycles. The van der Waals surface area contributed by atoms with Crippen LogP contribution in [0.15, 0.2) is 24.4 Å². The summed E-state index contributed by atoms with van der Waals surface area (Å²) in [6.07, 6.45) is 8.74. The van der Waals surface area contributed by atoms with Gasteiger partial charge in [-0.25, -0.2) is 4.98 Å². The Labute approximate surface area is 128 Å². The van der Waals surface area contributed by atoms with Crippen LogP contribution in [0.2, 0.25) is 0 Å². The van der Waals surface area contributed by atoms with Gasteiger partial charge in [-0.3, -0.25) is 4.90 Å². The lowest BCUT2D eigenvalue weighted by molar-refractivity contribution is 0.251. The van der Waals surface area contributed by atoms with Crippen molar-refractivity contribution in [3.63, 3.8) is 0 Å². The number of anilines is 1. The molecule has 4 heteroatoms. The summed E-state index contributed by atoms with van der Waals surface area (Å²) in [4.78, 5) is 9.45. The highest BCUT2D eigenvalue weighted by Gasteiger charge is 2.19. The second-order valence-corrected chi connectivity index (χ2v) is 6.31. The van der Waals surface area contributed by atoms with Gasteiger partial charge in [-0.05, 0) is 50.9 Å². The number of nitrogens with zero attached hydrogens (tertiary/aromatic N) is 3. The molecule has 1 aliphatic heterocycles. The summed E-state index contributed by atoms with van der Waals surface area (Å²) in [5, 5.41) is 3.59. The van der Waals surface area contributed by atoms with Crippen molar-refractivity contribution >= 4 is 5.82 Å². The Hall–Kier alpha value is -1.13.